The minimum Gasteiger partial charge on any atom is -0.389 e. The first-order valence-corrected chi connectivity index (χ1v) is 5.27. The fourth-order valence-electron chi connectivity index (χ4n) is 1.88. The maximum absolute atomic E-state index is 9.75. The van der Waals surface area contributed by atoms with Gasteiger partial charge < -0.3 is 20.7 Å². The lowest BCUT2D eigenvalue weighted by molar-refractivity contribution is -0.184. The molecular weight excluding hydrogens is 212 g/mol. The highest BCUT2D eigenvalue weighted by atomic mass is 16.5. The molecule has 0 aliphatic carbocycles. The summed E-state index contributed by atoms with van der Waals surface area (Å²) in [5, 5.41) is 22.8. The largest absolute Gasteiger partial charge is 0.389 e. The summed E-state index contributed by atoms with van der Waals surface area (Å²) >= 11 is 0. The number of hydrogen-bond donors (Lipinski definition) is 3. The molecule has 0 amide bonds. The zero-order chi connectivity index (χ0) is 12.3. The number of aliphatic hydroxyl groups is 2. The predicted molar refractivity (Wildman–Crippen MR) is 57.5 cm³/mol. The predicted octanol–water partition coefficient (Wildman–Crippen LogP) is -0.231. The third-order valence-corrected chi connectivity index (χ3v) is 2.82. The molecule has 7 heteroatoms. The number of hydrogen-bond acceptors (Lipinski definition) is 5. The van der Waals surface area contributed by atoms with Crippen molar-refractivity contribution < 1.29 is 14.9 Å². The Labute approximate surface area is 93.8 Å². The molecule has 0 saturated carbocycles. The normalized spacial score (nSPS) is 39.5. The average molecular weight is 230 g/mol. The van der Waals surface area contributed by atoms with E-state index in [0.717, 1.165) is 0 Å². The van der Waals surface area contributed by atoms with Gasteiger partial charge in [-0.25, -0.2) is 0 Å². The van der Waals surface area contributed by atoms with E-state index in [1.807, 2.05) is 13.8 Å². The van der Waals surface area contributed by atoms with Crippen molar-refractivity contribution in [1.82, 2.24) is 0 Å². The van der Waals surface area contributed by atoms with Gasteiger partial charge in [-0.3, -0.25) is 0 Å². The monoisotopic (exact) mass is 230 g/mol. The molecule has 0 aromatic carbocycles. The Balaban J connectivity index is 2.76. The van der Waals surface area contributed by atoms with Gasteiger partial charge in [0.05, 0.1) is 24.8 Å². The van der Waals surface area contributed by atoms with Crippen molar-refractivity contribution >= 4 is 0 Å². The summed E-state index contributed by atoms with van der Waals surface area (Å²) < 4.78 is 5.54. The van der Waals surface area contributed by atoms with Crippen molar-refractivity contribution in [1.29, 1.82) is 0 Å². The van der Waals surface area contributed by atoms with Crippen LogP contribution in [0.3, 0.4) is 0 Å². The average Bonchev–Trinajstić information content (AvgIpc) is 2.24. The quantitative estimate of drug-likeness (QED) is 0.352. The first-order valence-electron chi connectivity index (χ1n) is 5.27. The zero-order valence-corrected chi connectivity index (χ0v) is 9.39. The van der Waals surface area contributed by atoms with Crippen LogP contribution in [0.1, 0.15) is 13.8 Å². The van der Waals surface area contributed by atoms with E-state index in [0.29, 0.717) is 0 Å². The van der Waals surface area contributed by atoms with Crippen LogP contribution in [0.5, 0.6) is 0 Å². The third-order valence-electron chi connectivity index (χ3n) is 2.82. The van der Waals surface area contributed by atoms with Crippen LogP contribution >= 0.6 is 0 Å². The van der Waals surface area contributed by atoms with Crippen LogP contribution in [-0.4, -0.2) is 47.2 Å². The molecule has 7 nitrogen and oxygen atoms in total. The first kappa shape index (κ1) is 13.2. The van der Waals surface area contributed by atoms with Gasteiger partial charge in [0.25, 0.3) is 0 Å². The molecule has 16 heavy (non-hydrogen) atoms. The number of ether oxygens (including phenoxy) is 1. The number of azide groups is 1. The van der Waals surface area contributed by atoms with Crippen LogP contribution in [0.25, 0.3) is 10.4 Å². The highest BCUT2D eigenvalue weighted by Crippen LogP contribution is 2.24. The van der Waals surface area contributed by atoms with Crippen LogP contribution in [0.2, 0.25) is 0 Å². The van der Waals surface area contributed by atoms with Gasteiger partial charge in [-0.2, -0.15) is 0 Å². The van der Waals surface area contributed by atoms with Crippen LogP contribution < -0.4 is 5.73 Å². The molecule has 0 aromatic heterocycles. The highest BCUT2D eigenvalue weighted by molar-refractivity contribution is 4.96. The summed E-state index contributed by atoms with van der Waals surface area (Å²) in [6.07, 6.45) is -3.22. The molecule has 1 heterocycles. The lowest BCUT2D eigenvalue weighted by Gasteiger charge is -2.42. The summed E-state index contributed by atoms with van der Waals surface area (Å²) in [6, 6.07) is -0.627. The second kappa shape index (κ2) is 5.47. The van der Waals surface area contributed by atoms with Crippen molar-refractivity contribution in [3.8, 4) is 0 Å². The van der Waals surface area contributed by atoms with Crippen molar-refractivity contribution in [2.75, 3.05) is 6.54 Å². The Morgan fingerprint density at radius 3 is 2.56 bits per heavy atom. The Morgan fingerprint density at radius 1 is 1.44 bits per heavy atom. The summed E-state index contributed by atoms with van der Waals surface area (Å²) in [5.41, 5.74) is 14.0. The van der Waals surface area contributed by atoms with Crippen LogP contribution in [0.15, 0.2) is 5.11 Å². The first-order chi connectivity index (χ1) is 7.49. The maximum Gasteiger partial charge on any atom is 0.108 e. The summed E-state index contributed by atoms with van der Waals surface area (Å²) in [6.45, 7) is 3.82. The van der Waals surface area contributed by atoms with E-state index in [1.165, 1.54) is 0 Å². The van der Waals surface area contributed by atoms with Gasteiger partial charge in [0.15, 0.2) is 0 Å². The Bertz CT molecular complexity index is 280. The SMILES string of the molecule is CC(C)C1OC(CN=[N+]=[N-])C(O)C(O)C1N. The minimum absolute atomic E-state index is 0.00926. The number of nitrogens with two attached hydrogens (primary N) is 1. The van der Waals surface area contributed by atoms with Gasteiger partial charge in [0.2, 0.25) is 0 Å². The van der Waals surface area contributed by atoms with E-state index in [1.54, 1.807) is 0 Å². The smallest absolute Gasteiger partial charge is 0.108 e. The molecule has 1 fully saturated rings. The maximum atomic E-state index is 9.75. The zero-order valence-electron chi connectivity index (χ0n) is 9.39. The summed E-state index contributed by atoms with van der Waals surface area (Å²) in [5.74, 6) is 0.116. The van der Waals surface area contributed by atoms with Crippen molar-refractivity contribution in [2.45, 2.75) is 44.3 Å². The number of rotatable bonds is 3. The molecule has 5 atom stereocenters. The van der Waals surface area contributed by atoms with Crippen molar-refractivity contribution in [3.63, 3.8) is 0 Å². The Hall–Kier alpha value is -0.850. The summed E-state index contributed by atoms with van der Waals surface area (Å²) in [4.78, 5) is 2.60. The van der Waals surface area contributed by atoms with Crippen molar-refractivity contribution in [3.05, 3.63) is 10.4 Å². The topological polar surface area (TPSA) is 124 Å². The molecular formula is C9H18N4O3. The van der Waals surface area contributed by atoms with Gasteiger partial charge in [-0.1, -0.05) is 19.0 Å². The molecule has 0 radical (unpaired) electrons. The molecule has 1 rings (SSSR count). The standard InChI is InChI=1S/C9H18N4O3/c1-4(2)9-6(10)8(15)7(14)5(16-9)3-12-13-11/h4-9,14-15H,3,10H2,1-2H3. The van der Waals surface area contributed by atoms with E-state index < -0.39 is 24.4 Å². The summed E-state index contributed by atoms with van der Waals surface area (Å²) in [7, 11) is 0. The van der Waals surface area contributed by atoms with Crippen LogP contribution in [0.4, 0.5) is 0 Å². The molecule has 1 aliphatic rings. The molecule has 92 valence electrons. The number of aliphatic hydroxyl groups excluding tert-OH is 2. The van der Waals surface area contributed by atoms with Crippen molar-refractivity contribution in [2.24, 2.45) is 16.8 Å². The Morgan fingerprint density at radius 2 is 2.06 bits per heavy atom. The second-order valence-electron chi connectivity index (χ2n) is 4.36. The number of nitrogens with zero attached hydrogens (tertiary/aromatic N) is 3. The van der Waals surface area contributed by atoms with E-state index >= 15 is 0 Å². The third kappa shape index (κ3) is 2.63. The van der Waals surface area contributed by atoms with E-state index in [2.05, 4.69) is 10.0 Å². The van der Waals surface area contributed by atoms with Gasteiger partial charge in [0.1, 0.15) is 12.2 Å². The second-order valence-corrected chi connectivity index (χ2v) is 4.36. The molecule has 0 bridgehead atoms. The van der Waals surface area contributed by atoms with Gasteiger partial charge in [-0.15, -0.1) is 0 Å². The van der Waals surface area contributed by atoms with Gasteiger partial charge in [0, 0.05) is 4.91 Å². The lowest BCUT2D eigenvalue weighted by atomic mass is 9.88. The fourth-order valence-corrected chi connectivity index (χ4v) is 1.88. The van der Waals surface area contributed by atoms with Gasteiger partial charge in [-0.05, 0) is 11.4 Å². The molecule has 0 spiro atoms. The van der Waals surface area contributed by atoms with Gasteiger partial charge >= 0.3 is 0 Å². The minimum atomic E-state index is -1.12. The molecule has 5 unspecified atom stereocenters. The van der Waals surface area contributed by atoms with E-state index in [9.17, 15) is 10.2 Å². The highest BCUT2D eigenvalue weighted by Gasteiger charge is 2.43. The molecule has 0 aromatic rings. The van der Waals surface area contributed by atoms with Crippen LogP contribution in [-0.2, 0) is 4.74 Å². The lowest BCUT2D eigenvalue weighted by Crippen LogP contribution is -2.62. The van der Waals surface area contributed by atoms with Crippen LogP contribution in [0, 0.1) is 5.92 Å². The van der Waals surface area contributed by atoms with E-state index in [4.69, 9.17) is 16.0 Å². The molecule has 4 N–H and O–H groups in total. The fraction of sp³-hybridized carbons (Fsp3) is 1.00. The molecule has 1 aliphatic heterocycles. The molecule has 1 saturated heterocycles. The van der Waals surface area contributed by atoms with E-state index in [-0.39, 0.29) is 18.6 Å². The Kier molecular flexibility index (Phi) is 4.52.